The molecule has 0 aliphatic rings. The lowest BCUT2D eigenvalue weighted by atomic mass is 10.2. The predicted molar refractivity (Wildman–Crippen MR) is 121 cm³/mol. The highest BCUT2D eigenvalue weighted by Gasteiger charge is 2.26. The second-order valence-electron chi connectivity index (χ2n) is 6.50. The fourth-order valence-electron chi connectivity index (χ4n) is 2.76. The quantitative estimate of drug-likeness (QED) is 0.403. The largest absolute Gasteiger partial charge is 0.292 e. The van der Waals surface area contributed by atoms with Gasteiger partial charge in [0.25, 0.3) is 8.07 Å². The van der Waals surface area contributed by atoms with Crippen LogP contribution in [0.2, 0.25) is 6.04 Å². The standard InChI is InChI=1S/C27H22Si/c1-2-21-28(22-18-25-12-6-3-7-13-25,23-19-26-14-8-4-9-15-26)24-20-27-16-10-5-11-17-27/h3-17H,2,21H2,1H3. The second kappa shape index (κ2) is 10.0. The van der Waals surface area contributed by atoms with Gasteiger partial charge in [0.15, 0.2) is 0 Å². The smallest absolute Gasteiger partial charge is 0.0953 e. The second-order valence-corrected chi connectivity index (χ2v) is 9.56. The van der Waals surface area contributed by atoms with Crippen LogP contribution in [0.5, 0.6) is 0 Å². The van der Waals surface area contributed by atoms with Crippen molar-refractivity contribution in [1.29, 1.82) is 0 Å². The van der Waals surface area contributed by atoms with Crippen LogP contribution in [-0.2, 0) is 0 Å². The molecule has 0 aromatic heterocycles. The van der Waals surface area contributed by atoms with E-state index in [4.69, 9.17) is 0 Å². The lowest BCUT2D eigenvalue weighted by Crippen LogP contribution is -2.30. The normalized spacial score (nSPS) is 9.75. The van der Waals surface area contributed by atoms with Gasteiger partial charge in [-0.15, -0.1) is 0 Å². The molecule has 28 heavy (non-hydrogen) atoms. The average Bonchev–Trinajstić information content (AvgIpc) is 2.77. The molecule has 0 spiro atoms. The van der Waals surface area contributed by atoms with Gasteiger partial charge in [-0.1, -0.05) is 102 Å². The van der Waals surface area contributed by atoms with Crippen LogP contribution in [-0.4, -0.2) is 8.07 Å². The maximum absolute atomic E-state index is 3.53. The van der Waals surface area contributed by atoms with Gasteiger partial charge in [0.2, 0.25) is 0 Å². The Kier molecular flexibility index (Phi) is 6.93. The number of hydrogen-bond donors (Lipinski definition) is 0. The van der Waals surface area contributed by atoms with Crippen molar-refractivity contribution >= 4 is 8.07 Å². The van der Waals surface area contributed by atoms with E-state index in [-0.39, 0.29) is 0 Å². The van der Waals surface area contributed by atoms with Gasteiger partial charge in [-0.25, -0.2) is 0 Å². The highest BCUT2D eigenvalue weighted by atomic mass is 28.3. The van der Waals surface area contributed by atoms with Crippen LogP contribution in [0, 0.1) is 34.4 Å². The van der Waals surface area contributed by atoms with Gasteiger partial charge < -0.3 is 0 Å². The highest BCUT2D eigenvalue weighted by molar-refractivity contribution is 7.00. The van der Waals surface area contributed by atoms with E-state index in [2.05, 4.69) is 41.3 Å². The summed E-state index contributed by atoms with van der Waals surface area (Å²) in [7, 11) is -2.43. The minimum absolute atomic E-state index is 0.937. The molecule has 0 nitrogen and oxygen atoms in total. The molecule has 134 valence electrons. The van der Waals surface area contributed by atoms with Gasteiger partial charge in [-0.05, 0) is 42.4 Å². The molecule has 0 amide bonds. The Morgan fingerprint density at radius 3 is 1.14 bits per heavy atom. The third kappa shape index (κ3) is 5.79. The molecule has 3 aromatic carbocycles. The van der Waals surface area contributed by atoms with Crippen molar-refractivity contribution in [3.05, 3.63) is 108 Å². The monoisotopic (exact) mass is 374 g/mol. The molecule has 0 saturated carbocycles. The fourth-order valence-corrected chi connectivity index (χ4v) is 5.14. The van der Waals surface area contributed by atoms with E-state index in [0.29, 0.717) is 0 Å². The van der Waals surface area contributed by atoms with Crippen molar-refractivity contribution in [2.75, 3.05) is 0 Å². The Labute approximate surface area is 169 Å². The lowest BCUT2D eigenvalue weighted by molar-refractivity contribution is 1.07. The topological polar surface area (TPSA) is 0 Å². The number of hydrogen-bond acceptors (Lipinski definition) is 0. The average molecular weight is 375 g/mol. The number of benzene rings is 3. The molecule has 0 heterocycles. The Hall–Kier alpha value is -3.44. The minimum atomic E-state index is -2.43. The van der Waals surface area contributed by atoms with E-state index >= 15 is 0 Å². The van der Waals surface area contributed by atoms with Crippen LogP contribution in [0.4, 0.5) is 0 Å². The van der Waals surface area contributed by atoms with E-state index in [0.717, 1.165) is 29.2 Å². The zero-order valence-electron chi connectivity index (χ0n) is 16.1. The third-order valence-corrected chi connectivity index (χ3v) is 7.11. The lowest BCUT2D eigenvalue weighted by Gasteiger charge is -2.11. The Balaban J connectivity index is 2.06. The van der Waals surface area contributed by atoms with E-state index < -0.39 is 8.07 Å². The molecule has 0 radical (unpaired) electrons. The predicted octanol–water partition coefficient (Wildman–Crippen LogP) is 5.62. The first-order valence-electron chi connectivity index (χ1n) is 9.54. The zero-order valence-corrected chi connectivity index (χ0v) is 17.1. The van der Waals surface area contributed by atoms with Crippen molar-refractivity contribution in [3.8, 4) is 34.4 Å². The summed E-state index contributed by atoms with van der Waals surface area (Å²) in [5.74, 6) is 10.0. The molecular formula is C27H22Si. The molecule has 0 aliphatic heterocycles. The minimum Gasteiger partial charge on any atom is -0.0953 e. The van der Waals surface area contributed by atoms with Crippen LogP contribution in [0.15, 0.2) is 91.0 Å². The van der Waals surface area contributed by atoms with Gasteiger partial charge in [0.05, 0.1) is 0 Å². The Morgan fingerprint density at radius 1 is 0.536 bits per heavy atom. The third-order valence-electron chi connectivity index (χ3n) is 4.21. The summed E-state index contributed by atoms with van der Waals surface area (Å²) >= 11 is 0. The summed E-state index contributed by atoms with van der Waals surface area (Å²) in [6, 6.07) is 31.2. The van der Waals surface area contributed by atoms with Crippen LogP contribution >= 0.6 is 0 Å². The molecule has 3 aromatic rings. The maximum atomic E-state index is 3.53. The summed E-state index contributed by atoms with van der Waals surface area (Å²) in [6.45, 7) is 2.18. The van der Waals surface area contributed by atoms with Crippen molar-refractivity contribution < 1.29 is 0 Å². The number of rotatable bonds is 2. The summed E-state index contributed by atoms with van der Waals surface area (Å²) in [4.78, 5) is 0. The highest BCUT2D eigenvalue weighted by Crippen LogP contribution is 2.12. The van der Waals surface area contributed by atoms with Gasteiger partial charge in [0, 0.05) is 16.7 Å². The van der Waals surface area contributed by atoms with E-state index in [1.807, 2.05) is 91.0 Å². The van der Waals surface area contributed by atoms with E-state index in [1.165, 1.54) is 0 Å². The van der Waals surface area contributed by atoms with Crippen LogP contribution in [0.25, 0.3) is 0 Å². The first kappa shape index (κ1) is 19.3. The van der Waals surface area contributed by atoms with Crippen molar-refractivity contribution in [2.45, 2.75) is 19.4 Å². The SMILES string of the molecule is CCC[Si](C#Cc1ccccc1)(C#Cc1ccccc1)C#Cc1ccccc1. The molecule has 0 aliphatic carbocycles. The van der Waals surface area contributed by atoms with Crippen molar-refractivity contribution in [3.63, 3.8) is 0 Å². The molecule has 0 unspecified atom stereocenters. The van der Waals surface area contributed by atoms with Crippen LogP contribution in [0.3, 0.4) is 0 Å². The van der Waals surface area contributed by atoms with Crippen LogP contribution in [0.1, 0.15) is 30.0 Å². The summed E-state index contributed by atoms with van der Waals surface area (Å²) in [5, 5.41) is 0. The molecule has 0 saturated heterocycles. The van der Waals surface area contributed by atoms with E-state index in [9.17, 15) is 0 Å². The fraction of sp³-hybridized carbons (Fsp3) is 0.111. The van der Waals surface area contributed by atoms with Gasteiger partial charge in [-0.3, -0.25) is 0 Å². The van der Waals surface area contributed by atoms with Crippen molar-refractivity contribution in [1.82, 2.24) is 0 Å². The van der Waals surface area contributed by atoms with Gasteiger partial charge >= 0.3 is 0 Å². The van der Waals surface area contributed by atoms with Crippen molar-refractivity contribution in [2.24, 2.45) is 0 Å². The molecule has 1 heteroatoms. The molecule has 0 N–H and O–H groups in total. The summed E-state index contributed by atoms with van der Waals surface area (Å²) in [5.41, 5.74) is 13.6. The Bertz CT molecular complexity index is 925. The van der Waals surface area contributed by atoms with Gasteiger partial charge in [0.1, 0.15) is 0 Å². The summed E-state index contributed by atoms with van der Waals surface area (Å²) in [6.07, 6.45) is 1.02. The molecular weight excluding hydrogens is 352 g/mol. The first-order chi connectivity index (χ1) is 13.8. The van der Waals surface area contributed by atoms with Gasteiger partial charge in [-0.2, -0.15) is 0 Å². The van der Waals surface area contributed by atoms with Crippen LogP contribution < -0.4 is 0 Å². The molecule has 3 rings (SSSR count). The maximum Gasteiger partial charge on any atom is 0.292 e. The first-order valence-corrected chi connectivity index (χ1v) is 11.7. The van der Waals surface area contributed by atoms with E-state index in [1.54, 1.807) is 0 Å². The molecule has 0 atom stereocenters. The summed E-state index contributed by atoms with van der Waals surface area (Å²) < 4.78 is 0. The molecule has 0 bridgehead atoms. The molecule has 0 fully saturated rings. The zero-order chi connectivity index (χ0) is 19.5. The Morgan fingerprint density at radius 2 is 0.857 bits per heavy atom.